The minimum Gasteiger partial charge on any atom is -0.489 e. The molecule has 98 valence electrons. The fraction of sp³-hybridized carbons (Fsp3) is 0.500. The number of hydrogen-bond donors (Lipinski definition) is 1. The first kappa shape index (κ1) is 13.2. The van der Waals surface area contributed by atoms with Crippen molar-refractivity contribution in [1.82, 2.24) is 0 Å². The molecule has 1 atom stereocenters. The van der Waals surface area contributed by atoms with Crippen LogP contribution in [0.5, 0.6) is 5.75 Å². The molecule has 4 heteroatoms. The van der Waals surface area contributed by atoms with Crippen molar-refractivity contribution in [2.24, 2.45) is 5.92 Å². The molecule has 0 saturated heterocycles. The van der Waals surface area contributed by atoms with Gasteiger partial charge in [0.1, 0.15) is 5.75 Å². The minimum atomic E-state index is -0.791. The number of hydrogen-bond acceptors (Lipinski definition) is 2. The van der Waals surface area contributed by atoms with Gasteiger partial charge in [0, 0.05) is 0 Å². The lowest BCUT2D eigenvalue weighted by Gasteiger charge is -2.26. The number of halogens is 1. The lowest BCUT2D eigenvalue weighted by molar-refractivity contribution is -0.141. The molecule has 0 amide bonds. The van der Waals surface area contributed by atoms with E-state index < -0.39 is 11.9 Å². The third kappa shape index (κ3) is 3.16. The van der Waals surface area contributed by atoms with Crippen molar-refractivity contribution >= 4 is 17.6 Å². The zero-order valence-corrected chi connectivity index (χ0v) is 11.1. The van der Waals surface area contributed by atoms with E-state index in [-0.39, 0.29) is 0 Å². The van der Waals surface area contributed by atoms with Crippen molar-refractivity contribution in [1.29, 1.82) is 0 Å². The van der Waals surface area contributed by atoms with Gasteiger partial charge in [-0.2, -0.15) is 0 Å². The van der Waals surface area contributed by atoms with Crippen LogP contribution in [0.1, 0.15) is 31.7 Å². The number of aliphatic carboxylic acids is 1. The van der Waals surface area contributed by atoms with E-state index in [4.69, 9.17) is 21.4 Å². The summed E-state index contributed by atoms with van der Waals surface area (Å²) in [7, 11) is 0. The Balaban J connectivity index is 2.01. The molecular formula is C14H17ClO3. The third-order valence-corrected chi connectivity index (χ3v) is 3.60. The predicted molar refractivity (Wildman–Crippen MR) is 70.2 cm³/mol. The summed E-state index contributed by atoms with van der Waals surface area (Å²) >= 11 is 6.15. The van der Waals surface area contributed by atoms with E-state index in [1.165, 1.54) is 6.42 Å². The largest absolute Gasteiger partial charge is 0.489 e. The Kier molecular flexibility index (Phi) is 4.12. The zero-order chi connectivity index (χ0) is 13.1. The average Bonchev–Trinajstić information content (AvgIpc) is 2.25. The first-order chi connectivity index (χ1) is 8.56. The second-order valence-corrected chi connectivity index (χ2v) is 5.29. The van der Waals surface area contributed by atoms with Crippen LogP contribution in [0.25, 0.3) is 0 Å². The molecule has 2 rings (SSSR count). The smallest absolute Gasteiger partial charge is 0.306 e. The molecule has 0 aliphatic heterocycles. The van der Waals surface area contributed by atoms with E-state index in [0.29, 0.717) is 23.3 Å². The topological polar surface area (TPSA) is 46.5 Å². The van der Waals surface area contributed by atoms with E-state index in [1.54, 1.807) is 13.0 Å². The van der Waals surface area contributed by atoms with Crippen LogP contribution in [-0.4, -0.2) is 17.2 Å². The third-order valence-electron chi connectivity index (χ3n) is 3.31. The average molecular weight is 269 g/mol. The van der Waals surface area contributed by atoms with Crippen molar-refractivity contribution in [2.45, 2.75) is 38.7 Å². The molecule has 18 heavy (non-hydrogen) atoms. The lowest BCUT2D eigenvalue weighted by atomic mass is 9.96. The Labute approximate surface area is 112 Å². The second kappa shape index (κ2) is 5.61. The first-order valence-electron chi connectivity index (χ1n) is 6.24. The molecule has 1 aromatic rings. The number of carbonyl (C=O) groups is 1. The normalized spacial score (nSPS) is 17.0. The Morgan fingerprint density at radius 1 is 1.56 bits per heavy atom. The summed E-state index contributed by atoms with van der Waals surface area (Å²) in [5, 5.41) is 9.43. The highest BCUT2D eigenvalue weighted by Gasteiger charge is 2.20. The van der Waals surface area contributed by atoms with Crippen molar-refractivity contribution in [3.63, 3.8) is 0 Å². The molecule has 0 aromatic heterocycles. The van der Waals surface area contributed by atoms with Crippen molar-refractivity contribution in [3.05, 3.63) is 28.8 Å². The molecular weight excluding hydrogens is 252 g/mol. The van der Waals surface area contributed by atoms with Crippen molar-refractivity contribution in [3.8, 4) is 5.75 Å². The SMILES string of the molecule is CC(Cc1ccc(OC2CCC2)c(Cl)c1)C(=O)O. The molecule has 0 heterocycles. The van der Waals surface area contributed by atoms with E-state index in [2.05, 4.69) is 0 Å². The van der Waals surface area contributed by atoms with Crippen LogP contribution in [0.4, 0.5) is 0 Å². The lowest BCUT2D eigenvalue weighted by Crippen LogP contribution is -2.24. The van der Waals surface area contributed by atoms with Crippen LogP contribution in [-0.2, 0) is 11.2 Å². The Bertz CT molecular complexity index is 441. The number of ether oxygens (including phenoxy) is 1. The van der Waals surface area contributed by atoms with Crippen LogP contribution < -0.4 is 4.74 Å². The second-order valence-electron chi connectivity index (χ2n) is 4.88. The molecule has 1 aliphatic carbocycles. The summed E-state index contributed by atoms with van der Waals surface area (Å²) < 4.78 is 5.74. The molecule has 1 aromatic carbocycles. The van der Waals surface area contributed by atoms with Gasteiger partial charge in [-0.3, -0.25) is 4.79 Å². The van der Waals surface area contributed by atoms with Crippen molar-refractivity contribution < 1.29 is 14.6 Å². The summed E-state index contributed by atoms with van der Waals surface area (Å²) in [6.07, 6.45) is 4.18. The first-order valence-corrected chi connectivity index (χ1v) is 6.62. The zero-order valence-electron chi connectivity index (χ0n) is 10.4. The number of carboxylic acid groups (broad SMARTS) is 1. The summed E-state index contributed by atoms with van der Waals surface area (Å²) in [6.45, 7) is 1.69. The maximum Gasteiger partial charge on any atom is 0.306 e. The number of rotatable bonds is 5. The van der Waals surface area contributed by atoms with Gasteiger partial charge >= 0.3 is 5.97 Å². The number of carboxylic acids is 1. The molecule has 1 saturated carbocycles. The van der Waals surface area contributed by atoms with Crippen LogP contribution in [0, 0.1) is 5.92 Å². The van der Waals surface area contributed by atoms with Gasteiger partial charge in [0.05, 0.1) is 17.0 Å². The van der Waals surface area contributed by atoms with E-state index in [0.717, 1.165) is 18.4 Å². The summed E-state index contributed by atoms with van der Waals surface area (Å²) in [6, 6.07) is 5.53. The molecule has 0 radical (unpaired) electrons. The molecule has 1 aliphatic rings. The van der Waals surface area contributed by atoms with Crippen LogP contribution in [0.2, 0.25) is 5.02 Å². The molecule has 1 N–H and O–H groups in total. The van der Waals surface area contributed by atoms with Gasteiger partial charge < -0.3 is 9.84 Å². The van der Waals surface area contributed by atoms with Gasteiger partial charge in [-0.15, -0.1) is 0 Å². The van der Waals surface area contributed by atoms with Gasteiger partial charge in [0.25, 0.3) is 0 Å². The van der Waals surface area contributed by atoms with E-state index in [9.17, 15) is 4.79 Å². The minimum absolute atomic E-state index is 0.297. The summed E-state index contributed by atoms with van der Waals surface area (Å²) in [4.78, 5) is 10.8. The van der Waals surface area contributed by atoms with Gasteiger partial charge in [-0.1, -0.05) is 24.6 Å². The van der Waals surface area contributed by atoms with E-state index >= 15 is 0 Å². The molecule has 1 fully saturated rings. The monoisotopic (exact) mass is 268 g/mol. The van der Waals surface area contributed by atoms with Crippen molar-refractivity contribution in [2.75, 3.05) is 0 Å². The fourth-order valence-corrected chi connectivity index (χ4v) is 2.12. The van der Waals surface area contributed by atoms with Crippen LogP contribution in [0.3, 0.4) is 0 Å². The van der Waals surface area contributed by atoms with Crippen LogP contribution in [0.15, 0.2) is 18.2 Å². The van der Waals surface area contributed by atoms with Gasteiger partial charge in [-0.25, -0.2) is 0 Å². The molecule has 1 unspecified atom stereocenters. The molecule has 0 bridgehead atoms. The number of benzene rings is 1. The van der Waals surface area contributed by atoms with Crippen LogP contribution >= 0.6 is 11.6 Å². The highest BCUT2D eigenvalue weighted by molar-refractivity contribution is 6.32. The Morgan fingerprint density at radius 2 is 2.28 bits per heavy atom. The fourth-order valence-electron chi connectivity index (χ4n) is 1.88. The standard InChI is InChI=1S/C14H17ClO3/c1-9(14(16)17)7-10-5-6-13(12(15)8-10)18-11-3-2-4-11/h5-6,8-9,11H,2-4,7H2,1H3,(H,16,17). The van der Waals surface area contributed by atoms with Gasteiger partial charge in [0.15, 0.2) is 0 Å². The quantitative estimate of drug-likeness (QED) is 0.889. The summed E-state index contributed by atoms with van der Waals surface area (Å²) in [5.41, 5.74) is 0.927. The maximum atomic E-state index is 10.8. The van der Waals surface area contributed by atoms with Gasteiger partial charge in [-0.05, 0) is 43.4 Å². The Morgan fingerprint density at radius 3 is 2.78 bits per heavy atom. The summed E-state index contributed by atoms with van der Waals surface area (Å²) in [5.74, 6) is -0.492. The Hall–Kier alpha value is -1.22. The predicted octanol–water partition coefficient (Wildman–Crippen LogP) is 3.53. The molecule has 0 spiro atoms. The van der Waals surface area contributed by atoms with E-state index in [1.807, 2.05) is 12.1 Å². The maximum absolute atomic E-state index is 10.8. The van der Waals surface area contributed by atoms with Gasteiger partial charge in [0.2, 0.25) is 0 Å². The highest BCUT2D eigenvalue weighted by Crippen LogP contribution is 2.31. The highest BCUT2D eigenvalue weighted by atomic mass is 35.5. The molecule has 3 nitrogen and oxygen atoms in total.